The molecule has 2 heterocycles. The first-order valence-corrected chi connectivity index (χ1v) is 10.5. The third-order valence-electron chi connectivity index (χ3n) is 6.24. The number of aromatic nitrogens is 2. The summed E-state index contributed by atoms with van der Waals surface area (Å²) in [5.74, 6) is 1.79. The van der Waals surface area contributed by atoms with Gasteiger partial charge in [-0.1, -0.05) is 24.3 Å². The molecule has 0 saturated carbocycles. The number of aryl methyl sites for hydroxylation is 2. The molecule has 1 saturated heterocycles. The Bertz CT molecular complexity index is 1010. The molecule has 29 heavy (non-hydrogen) atoms. The van der Waals surface area contributed by atoms with Crippen molar-refractivity contribution in [3.05, 3.63) is 59.4 Å². The average Bonchev–Trinajstić information content (AvgIpc) is 3.02. The quantitative estimate of drug-likeness (QED) is 0.706. The normalized spacial score (nSPS) is 15.7. The maximum Gasteiger partial charge on any atom is 0.238 e. The van der Waals surface area contributed by atoms with Crippen LogP contribution >= 0.6 is 0 Å². The number of likely N-dealkylation sites (tertiary alicyclic amines) is 1. The summed E-state index contributed by atoms with van der Waals surface area (Å²) < 4.78 is 2.35. The number of para-hydroxylation sites is 2. The van der Waals surface area contributed by atoms with E-state index >= 15 is 0 Å². The van der Waals surface area contributed by atoms with Crippen LogP contribution in [0.2, 0.25) is 0 Å². The van der Waals surface area contributed by atoms with Gasteiger partial charge in [-0.15, -0.1) is 0 Å². The number of imidazole rings is 1. The molecule has 0 bridgehead atoms. The van der Waals surface area contributed by atoms with Gasteiger partial charge in [-0.3, -0.25) is 9.69 Å². The van der Waals surface area contributed by atoms with Crippen LogP contribution in [-0.2, 0) is 11.3 Å². The number of carbonyl (C=O) groups is 1. The standard InChI is InChI=1S/C24H30N4O/c1-17-7-6-9-21(18(17)2)26-24(29)16-27-13-11-20(12-14-27)15-28-19(3)25-22-8-4-5-10-23(22)28/h4-10,20H,11-16H2,1-3H3,(H,26,29). The molecule has 1 aromatic heterocycles. The van der Waals surface area contributed by atoms with Gasteiger partial charge in [-0.25, -0.2) is 4.98 Å². The molecule has 0 spiro atoms. The number of nitrogens with one attached hydrogen (secondary N) is 1. The lowest BCUT2D eigenvalue weighted by Crippen LogP contribution is -2.40. The summed E-state index contributed by atoms with van der Waals surface area (Å²) in [6.45, 7) is 9.63. The monoisotopic (exact) mass is 390 g/mol. The maximum absolute atomic E-state index is 12.5. The van der Waals surface area contributed by atoms with Gasteiger partial charge in [0.1, 0.15) is 5.82 Å². The third kappa shape index (κ3) is 4.35. The van der Waals surface area contributed by atoms with Crippen molar-refractivity contribution >= 4 is 22.6 Å². The van der Waals surface area contributed by atoms with Crippen LogP contribution in [0.25, 0.3) is 11.0 Å². The minimum absolute atomic E-state index is 0.0774. The van der Waals surface area contributed by atoms with Crippen LogP contribution < -0.4 is 5.32 Å². The summed E-state index contributed by atoms with van der Waals surface area (Å²) in [7, 11) is 0. The van der Waals surface area contributed by atoms with E-state index in [0.717, 1.165) is 55.1 Å². The van der Waals surface area contributed by atoms with E-state index in [1.807, 2.05) is 18.2 Å². The molecule has 0 atom stereocenters. The number of fused-ring (bicyclic) bond motifs is 1. The van der Waals surface area contributed by atoms with Crippen molar-refractivity contribution in [1.82, 2.24) is 14.5 Å². The molecule has 5 heteroatoms. The molecule has 1 fully saturated rings. The van der Waals surface area contributed by atoms with Crippen molar-refractivity contribution in [2.24, 2.45) is 5.92 Å². The Morgan fingerprint density at radius 3 is 2.62 bits per heavy atom. The molecule has 5 nitrogen and oxygen atoms in total. The fourth-order valence-electron chi connectivity index (χ4n) is 4.29. The fraction of sp³-hybridized carbons (Fsp3) is 0.417. The summed E-state index contributed by atoms with van der Waals surface area (Å²) in [5.41, 5.74) is 5.56. The van der Waals surface area contributed by atoms with Crippen LogP contribution in [0.4, 0.5) is 5.69 Å². The number of nitrogens with zero attached hydrogens (tertiary/aromatic N) is 3. The van der Waals surface area contributed by atoms with Crippen LogP contribution in [-0.4, -0.2) is 40.0 Å². The van der Waals surface area contributed by atoms with E-state index in [2.05, 4.69) is 64.8 Å². The predicted molar refractivity (Wildman–Crippen MR) is 118 cm³/mol. The second kappa shape index (κ2) is 8.37. The highest BCUT2D eigenvalue weighted by atomic mass is 16.2. The molecule has 1 aliphatic heterocycles. The van der Waals surface area contributed by atoms with Crippen molar-refractivity contribution in [1.29, 1.82) is 0 Å². The number of rotatable bonds is 5. The first kappa shape index (κ1) is 19.6. The highest BCUT2D eigenvalue weighted by Crippen LogP contribution is 2.24. The van der Waals surface area contributed by atoms with Gasteiger partial charge in [0.15, 0.2) is 0 Å². The number of hydrogen-bond donors (Lipinski definition) is 1. The van der Waals surface area contributed by atoms with Crippen LogP contribution in [0.15, 0.2) is 42.5 Å². The maximum atomic E-state index is 12.5. The van der Waals surface area contributed by atoms with E-state index in [1.165, 1.54) is 11.1 Å². The lowest BCUT2D eigenvalue weighted by Gasteiger charge is -2.32. The molecule has 1 amide bonds. The minimum Gasteiger partial charge on any atom is -0.328 e. The molecule has 0 aliphatic carbocycles. The molecular formula is C24H30N4O. The molecular weight excluding hydrogens is 360 g/mol. The average molecular weight is 391 g/mol. The molecule has 4 rings (SSSR count). The molecule has 1 N–H and O–H groups in total. The van der Waals surface area contributed by atoms with Crippen molar-refractivity contribution in [3.8, 4) is 0 Å². The Morgan fingerprint density at radius 1 is 1.07 bits per heavy atom. The Morgan fingerprint density at radius 2 is 1.83 bits per heavy atom. The molecule has 0 radical (unpaired) electrons. The molecule has 0 unspecified atom stereocenters. The lowest BCUT2D eigenvalue weighted by atomic mass is 9.96. The van der Waals surface area contributed by atoms with E-state index in [0.29, 0.717) is 12.5 Å². The first-order chi connectivity index (χ1) is 14.0. The molecule has 2 aromatic carbocycles. The smallest absolute Gasteiger partial charge is 0.238 e. The van der Waals surface area contributed by atoms with Gasteiger partial charge >= 0.3 is 0 Å². The number of anilines is 1. The summed E-state index contributed by atoms with van der Waals surface area (Å²) in [5, 5.41) is 3.08. The van der Waals surface area contributed by atoms with Crippen molar-refractivity contribution in [2.75, 3.05) is 25.0 Å². The molecule has 1 aliphatic rings. The number of hydrogen-bond acceptors (Lipinski definition) is 3. The lowest BCUT2D eigenvalue weighted by molar-refractivity contribution is -0.117. The zero-order valence-corrected chi connectivity index (χ0v) is 17.6. The molecule has 3 aromatic rings. The van der Waals surface area contributed by atoms with Crippen LogP contribution in [0.3, 0.4) is 0 Å². The van der Waals surface area contributed by atoms with E-state index in [1.54, 1.807) is 0 Å². The Labute approximate surface area is 172 Å². The Hall–Kier alpha value is -2.66. The number of benzene rings is 2. The van der Waals surface area contributed by atoms with Gasteiger partial charge in [0, 0.05) is 12.2 Å². The zero-order chi connectivity index (χ0) is 20.4. The van der Waals surface area contributed by atoms with Gasteiger partial charge < -0.3 is 9.88 Å². The Balaban J connectivity index is 1.31. The van der Waals surface area contributed by atoms with Crippen LogP contribution in [0, 0.1) is 26.7 Å². The second-order valence-corrected chi connectivity index (χ2v) is 8.27. The third-order valence-corrected chi connectivity index (χ3v) is 6.24. The summed E-state index contributed by atoms with van der Waals surface area (Å²) in [6, 6.07) is 14.4. The fourth-order valence-corrected chi connectivity index (χ4v) is 4.29. The highest BCUT2D eigenvalue weighted by Gasteiger charge is 2.22. The van der Waals surface area contributed by atoms with Gasteiger partial charge in [0.25, 0.3) is 0 Å². The topological polar surface area (TPSA) is 50.2 Å². The number of piperidine rings is 1. The van der Waals surface area contributed by atoms with Gasteiger partial charge in [0.2, 0.25) is 5.91 Å². The van der Waals surface area contributed by atoms with Gasteiger partial charge in [0.05, 0.1) is 17.6 Å². The van der Waals surface area contributed by atoms with E-state index in [-0.39, 0.29) is 5.91 Å². The summed E-state index contributed by atoms with van der Waals surface area (Å²) in [4.78, 5) is 19.5. The Kier molecular flexibility index (Phi) is 5.67. The predicted octanol–water partition coefficient (Wildman–Crippen LogP) is 4.31. The zero-order valence-electron chi connectivity index (χ0n) is 17.6. The molecule has 152 valence electrons. The first-order valence-electron chi connectivity index (χ1n) is 10.5. The largest absolute Gasteiger partial charge is 0.328 e. The van der Waals surface area contributed by atoms with E-state index in [9.17, 15) is 4.79 Å². The van der Waals surface area contributed by atoms with Crippen molar-refractivity contribution < 1.29 is 4.79 Å². The van der Waals surface area contributed by atoms with Crippen molar-refractivity contribution in [3.63, 3.8) is 0 Å². The SMILES string of the molecule is Cc1cccc(NC(=O)CN2CCC(Cn3c(C)nc4ccccc43)CC2)c1C. The highest BCUT2D eigenvalue weighted by molar-refractivity contribution is 5.93. The van der Waals surface area contributed by atoms with Gasteiger partial charge in [-0.2, -0.15) is 0 Å². The van der Waals surface area contributed by atoms with Crippen LogP contribution in [0.5, 0.6) is 0 Å². The minimum atomic E-state index is 0.0774. The second-order valence-electron chi connectivity index (χ2n) is 8.27. The summed E-state index contributed by atoms with van der Waals surface area (Å²) >= 11 is 0. The van der Waals surface area contributed by atoms with Crippen molar-refractivity contribution in [2.45, 2.75) is 40.2 Å². The van der Waals surface area contributed by atoms with E-state index in [4.69, 9.17) is 0 Å². The summed E-state index contributed by atoms with van der Waals surface area (Å²) in [6.07, 6.45) is 2.23. The number of carbonyl (C=O) groups excluding carboxylic acids is 1. The number of amides is 1. The van der Waals surface area contributed by atoms with Gasteiger partial charge in [-0.05, 0) is 81.9 Å². The van der Waals surface area contributed by atoms with Crippen LogP contribution in [0.1, 0.15) is 29.8 Å². The van der Waals surface area contributed by atoms with E-state index < -0.39 is 0 Å².